The molecule has 4 aromatic rings. The minimum atomic E-state index is -0.258. The number of H-pyrrole nitrogens is 1. The van der Waals surface area contributed by atoms with Crippen molar-refractivity contribution in [1.29, 1.82) is 0 Å². The van der Waals surface area contributed by atoms with Gasteiger partial charge in [-0.25, -0.2) is 0 Å². The summed E-state index contributed by atoms with van der Waals surface area (Å²) in [5, 5.41) is 0.805. The van der Waals surface area contributed by atoms with Crippen molar-refractivity contribution in [3.63, 3.8) is 0 Å². The first-order valence-electron chi connectivity index (χ1n) is 11.7. The smallest absolute Gasteiger partial charge is 0.254 e. The van der Waals surface area contributed by atoms with E-state index in [1.165, 1.54) is 0 Å². The molecule has 0 saturated heterocycles. The third-order valence-electron chi connectivity index (χ3n) is 6.34. The van der Waals surface area contributed by atoms with Crippen LogP contribution in [0.25, 0.3) is 10.9 Å². The van der Waals surface area contributed by atoms with E-state index in [2.05, 4.69) is 4.98 Å². The molecule has 0 radical (unpaired) electrons. The van der Waals surface area contributed by atoms with Crippen LogP contribution in [0, 0.1) is 6.92 Å². The quantitative estimate of drug-likeness (QED) is 0.457. The summed E-state index contributed by atoms with van der Waals surface area (Å²) in [6.07, 6.45) is 0. The van der Waals surface area contributed by atoms with E-state index in [0.717, 1.165) is 16.5 Å². The van der Waals surface area contributed by atoms with Gasteiger partial charge in [0.1, 0.15) is 13.2 Å². The Morgan fingerprint density at radius 1 is 0.833 bits per heavy atom. The van der Waals surface area contributed by atoms with E-state index in [4.69, 9.17) is 18.9 Å². The topological polar surface area (TPSA) is 90.1 Å². The number of rotatable bonds is 5. The third-order valence-corrected chi connectivity index (χ3v) is 6.34. The van der Waals surface area contributed by atoms with Gasteiger partial charge in [-0.15, -0.1) is 0 Å². The lowest BCUT2D eigenvalue weighted by molar-refractivity contribution is 0.0729. The molecule has 0 bridgehead atoms. The molecule has 0 fully saturated rings. The van der Waals surface area contributed by atoms with E-state index >= 15 is 0 Å². The lowest BCUT2D eigenvalue weighted by Crippen LogP contribution is -2.32. The number of hydrogen-bond donors (Lipinski definition) is 1. The molecule has 0 saturated carbocycles. The predicted molar refractivity (Wildman–Crippen MR) is 133 cm³/mol. The Morgan fingerprint density at radius 3 is 2.36 bits per heavy atom. The van der Waals surface area contributed by atoms with E-state index in [1.807, 2.05) is 49.4 Å². The molecule has 36 heavy (non-hydrogen) atoms. The number of pyridine rings is 1. The number of ether oxygens (including phenoxy) is 4. The Labute approximate surface area is 207 Å². The fourth-order valence-corrected chi connectivity index (χ4v) is 4.45. The highest BCUT2D eigenvalue weighted by molar-refractivity contribution is 5.94. The number of aromatic nitrogens is 1. The van der Waals surface area contributed by atoms with Crippen LogP contribution in [-0.2, 0) is 13.1 Å². The second-order valence-corrected chi connectivity index (χ2v) is 8.92. The van der Waals surface area contributed by atoms with Gasteiger partial charge in [-0.3, -0.25) is 9.59 Å². The number of aromatic amines is 1. The molecule has 0 aliphatic carbocycles. The highest BCUT2D eigenvalue weighted by Crippen LogP contribution is 2.34. The number of nitrogens with one attached hydrogen (secondary N) is 1. The lowest BCUT2D eigenvalue weighted by atomic mass is 10.1. The van der Waals surface area contributed by atoms with Gasteiger partial charge in [-0.1, -0.05) is 23.8 Å². The van der Waals surface area contributed by atoms with Crippen LogP contribution in [0.2, 0.25) is 0 Å². The molecule has 8 nitrogen and oxygen atoms in total. The summed E-state index contributed by atoms with van der Waals surface area (Å²) in [6.45, 7) is 3.51. The van der Waals surface area contributed by atoms with Gasteiger partial charge in [0.25, 0.3) is 11.5 Å². The molecular formula is C28H24N2O6. The normalized spacial score (nSPS) is 13.6. The Morgan fingerprint density at radius 2 is 1.56 bits per heavy atom. The van der Waals surface area contributed by atoms with Crippen molar-refractivity contribution in [2.45, 2.75) is 20.0 Å². The summed E-state index contributed by atoms with van der Waals surface area (Å²) in [7, 11) is 0. The van der Waals surface area contributed by atoms with Crippen molar-refractivity contribution < 1.29 is 23.7 Å². The fourth-order valence-electron chi connectivity index (χ4n) is 4.45. The molecule has 1 aromatic heterocycles. The van der Waals surface area contributed by atoms with Crippen molar-refractivity contribution in [3.05, 3.63) is 93.3 Å². The van der Waals surface area contributed by atoms with Gasteiger partial charge >= 0.3 is 0 Å². The van der Waals surface area contributed by atoms with Crippen LogP contribution < -0.4 is 24.5 Å². The molecule has 2 aliphatic heterocycles. The van der Waals surface area contributed by atoms with Crippen LogP contribution in [0.4, 0.5) is 0 Å². The summed E-state index contributed by atoms with van der Waals surface area (Å²) in [5.74, 6) is 2.40. The van der Waals surface area contributed by atoms with Crippen molar-refractivity contribution >= 4 is 16.8 Å². The maximum absolute atomic E-state index is 13.6. The van der Waals surface area contributed by atoms with Gasteiger partial charge in [-0.05, 0) is 48.9 Å². The van der Waals surface area contributed by atoms with E-state index in [9.17, 15) is 9.59 Å². The first-order chi connectivity index (χ1) is 17.5. The Bertz CT molecular complexity index is 1530. The van der Waals surface area contributed by atoms with Crippen molar-refractivity contribution in [1.82, 2.24) is 9.88 Å². The Kier molecular flexibility index (Phi) is 5.48. The number of carbonyl (C=O) groups is 1. The summed E-state index contributed by atoms with van der Waals surface area (Å²) in [6, 6.07) is 18.5. The monoisotopic (exact) mass is 484 g/mol. The molecular weight excluding hydrogens is 460 g/mol. The lowest BCUT2D eigenvalue weighted by Gasteiger charge is -2.23. The number of nitrogens with zero attached hydrogens (tertiary/aromatic N) is 1. The first kappa shape index (κ1) is 22.0. The molecule has 0 atom stereocenters. The maximum atomic E-state index is 13.6. The molecule has 3 aromatic carbocycles. The second-order valence-electron chi connectivity index (χ2n) is 8.92. The van der Waals surface area contributed by atoms with Crippen LogP contribution >= 0.6 is 0 Å². The molecule has 0 spiro atoms. The number of amides is 1. The molecule has 1 N–H and O–H groups in total. The van der Waals surface area contributed by atoms with Gasteiger partial charge in [0.15, 0.2) is 23.0 Å². The summed E-state index contributed by atoms with van der Waals surface area (Å²) >= 11 is 0. The zero-order chi connectivity index (χ0) is 24.6. The molecule has 0 unspecified atom stereocenters. The van der Waals surface area contributed by atoms with Gasteiger partial charge in [0.2, 0.25) is 6.79 Å². The van der Waals surface area contributed by atoms with Crippen molar-refractivity contribution in [2.75, 3.05) is 20.0 Å². The zero-order valence-corrected chi connectivity index (χ0v) is 19.7. The van der Waals surface area contributed by atoms with E-state index < -0.39 is 0 Å². The predicted octanol–water partition coefficient (Wildman–Crippen LogP) is 4.18. The maximum Gasteiger partial charge on any atom is 0.254 e. The molecule has 2 aliphatic rings. The minimum Gasteiger partial charge on any atom is -0.486 e. The fraction of sp³-hybridized carbons (Fsp3) is 0.214. The number of hydrogen-bond acceptors (Lipinski definition) is 6. The molecule has 6 rings (SSSR count). The Balaban J connectivity index is 1.36. The van der Waals surface area contributed by atoms with E-state index in [-0.39, 0.29) is 24.8 Å². The largest absolute Gasteiger partial charge is 0.486 e. The van der Waals surface area contributed by atoms with Gasteiger partial charge in [0, 0.05) is 29.1 Å². The average Bonchev–Trinajstić information content (AvgIpc) is 3.36. The number of benzene rings is 3. The minimum absolute atomic E-state index is 0.126. The summed E-state index contributed by atoms with van der Waals surface area (Å²) in [4.78, 5) is 31.2. The number of carbonyl (C=O) groups excluding carboxylic acids is 1. The van der Waals surface area contributed by atoms with Crippen LogP contribution in [-0.4, -0.2) is 35.8 Å². The SMILES string of the molecule is Cc1ccc(C(=O)N(Cc2ccc3c(c2)OCO3)Cc2cc3cc4c(cc3[nH]c2=O)OCCO4)cc1. The number of aryl methyl sites for hydroxylation is 1. The van der Waals surface area contributed by atoms with Crippen LogP contribution in [0.1, 0.15) is 27.0 Å². The Hall–Kier alpha value is -4.46. The van der Waals surface area contributed by atoms with E-state index in [1.54, 1.807) is 23.1 Å². The average molecular weight is 485 g/mol. The second kappa shape index (κ2) is 8.96. The zero-order valence-electron chi connectivity index (χ0n) is 19.7. The highest BCUT2D eigenvalue weighted by atomic mass is 16.7. The standard InChI is InChI=1S/C28H24N2O6/c1-17-2-5-19(6-3-17)28(32)30(14-18-4-7-23-24(10-18)36-16-35-23)15-21-11-20-12-25-26(34-9-8-33-25)13-22(20)29-27(21)31/h2-7,10-13H,8-9,14-16H2,1H3,(H,29,31). The van der Waals surface area contributed by atoms with Crippen LogP contribution in [0.5, 0.6) is 23.0 Å². The first-order valence-corrected chi connectivity index (χ1v) is 11.7. The number of fused-ring (bicyclic) bond motifs is 3. The van der Waals surface area contributed by atoms with Crippen LogP contribution in [0.15, 0.2) is 65.5 Å². The highest BCUT2D eigenvalue weighted by Gasteiger charge is 2.21. The third kappa shape index (κ3) is 4.22. The van der Waals surface area contributed by atoms with Crippen molar-refractivity contribution in [2.24, 2.45) is 0 Å². The van der Waals surface area contributed by atoms with Crippen molar-refractivity contribution in [3.8, 4) is 23.0 Å². The van der Waals surface area contributed by atoms with Crippen LogP contribution in [0.3, 0.4) is 0 Å². The molecule has 182 valence electrons. The van der Waals surface area contributed by atoms with Gasteiger partial charge in [-0.2, -0.15) is 0 Å². The van der Waals surface area contributed by atoms with Gasteiger partial charge in [0.05, 0.1) is 12.1 Å². The summed E-state index contributed by atoms with van der Waals surface area (Å²) in [5.41, 5.74) is 3.36. The van der Waals surface area contributed by atoms with E-state index in [0.29, 0.717) is 59.4 Å². The molecule has 8 heteroatoms. The molecule has 3 heterocycles. The van der Waals surface area contributed by atoms with Gasteiger partial charge < -0.3 is 28.8 Å². The summed E-state index contributed by atoms with van der Waals surface area (Å²) < 4.78 is 22.3. The molecule has 1 amide bonds.